The second-order valence-corrected chi connectivity index (χ2v) is 4.89. The lowest BCUT2D eigenvalue weighted by Crippen LogP contribution is -2.19. The van der Waals surface area contributed by atoms with Crippen LogP contribution in [0.4, 0.5) is 0 Å². The molecular weight excluding hydrogens is 186 g/mol. The molecule has 0 aliphatic rings. The van der Waals surface area contributed by atoms with Crippen molar-refractivity contribution in [3.63, 3.8) is 0 Å². The molecule has 1 rings (SSSR count). The van der Waals surface area contributed by atoms with Crippen LogP contribution in [0.3, 0.4) is 0 Å². The molecule has 1 aromatic heterocycles. The minimum atomic E-state index is 0.502. The SMILES string of the molecule is CC(C)CNCc1cn(C)nc1C(C)C. The molecule has 0 unspecified atom stereocenters. The van der Waals surface area contributed by atoms with Crippen LogP contribution in [0.25, 0.3) is 0 Å². The number of hydrogen-bond acceptors (Lipinski definition) is 2. The third-order valence-electron chi connectivity index (χ3n) is 2.35. The van der Waals surface area contributed by atoms with Crippen LogP contribution in [0, 0.1) is 5.92 Å². The lowest BCUT2D eigenvalue weighted by molar-refractivity contribution is 0.550. The summed E-state index contributed by atoms with van der Waals surface area (Å²) in [7, 11) is 1.98. The highest BCUT2D eigenvalue weighted by atomic mass is 15.3. The Kier molecular flexibility index (Phi) is 4.33. The summed E-state index contributed by atoms with van der Waals surface area (Å²) in [5, 5.41) is 7.94. The molecular formula is C12H23N3. The Hall–Kier alpha value is -0.830. The van der Waals surface area contributed by atoms with Gasteiger partial charge in [-0.25, -0.2) is 0 Å². The van der Waals surface area contributed by atoms with E-state index in [2.05, 4.69) is 44.3 Å². The van der Waals surface area contributed by atoms with Crippen molar-refractivity contribution >= 4 is 0 Å². The van der Waals surface area contributed by atoms with E-state index in [-0.39, 0.29) is 0 Å². The Morgan fingerprint density at radius 2 is 2.00 bits per heavy atom. The predicted octanol–water partition coefficient (Wildman–Crippen LogP) is 2.29. The smallest absolute Gasteiger partial charge is 0.0694 e. The van der Waals surface area contributed by atoms with Crippen LogP contribution in [-0.4, -0.2) is 16.3 Å². The van der Waals surface area contributed by atoms with Gasteiger partial charge in [-0.05, 0) is 18.4 Å². The molecule has 0 aliphatic heterocycles. The van der Waals surface area contributed by atoms with Gasteiger partial charge in [0.25, 0.3) is 0 Å². The lowest BCUT2D eigenvalue weighted by Gasteiger charge is -2.08. The highest BCUT2D eigenvalue weighted by molar-refractivity contribution is 5.19. The minimum absolute atomic E-state index is 0.502. The van der Waals surface area contributed by atoms with E-state index < -0.39 is 0 Å². The summed E-state index contributed by atoms with van der Waals surface area (Å²) in [4.78, 5) is 0. The number of aromatic nitrogens is 2. The number of aryl methyl sites for hydroxylation is 1. The molecule has 15 heavy (non-hydrogen) atoms. The minimum Gasteiger partial charge on any atom is -0.312 e. The van der Waals surface area contributed by atoms with Crippen LogP contribution in [-0.2, 0) is 13.6 Å². The van der Waals surface area contributed by atoms with Crippen molar-refractivity contribution in [2.24, 2.45) is 13.0 Å². The molecule has 0 aromatic carbocycles. The summed E-state index contributed by atoms with van der Waals surface area (Å²) < 4.78 is 1.90. The largest absolute Gasteiger partial charge is 0.312 e. The lowest BCUT2D eigenvalue weighted by atomic mass is 10.1. The van der Waals surface area contributed by atoms with Gasteiger partial charge in [0.1, 0.15) is 0 Å². The number of rotatable bonds is 5. The third kappa shape index (κ3) is 3.67. The fourth-order valence-corrected chi connectivity index (χ4v) is 1.67. The monoisotopic (exact) mass is 209 g/mol. The maximum absolute atomic E-state index is 4.48. The van der Waals surface area contributed by atoms with Gasteiger partial charge in [-0.2, -0.15) is 5.10 Å². The van der Waals surface area contributed by atoms with E-state index in [1.807, 2.05) is 11.7 Å². The maximum atomic E-state index is 4.48. The topological polar surface area (TPSA) is 29.9 Å². The molecule has 0 radical (unpaired) electrons. The van der Waals surface area contributed by atoms with E-state index in [0.717, 1.165) is 13.1 Å². The van der Waals surface area contributed by atoms with Gasteiger partial charge in [-0.15, -0.1) is 0 Å². The Morgan fingerprint density at radius 3 is 2.53 bits per heavy atom. The molecule has 1 heterocycles. The number of hydrogen-bond donors (Lipinski definition) is 1. The Morgan fingerprint density at radius 1 is 1.33 bits per heavy atom. The zero-order chi connectivity index (χ0) is 11.4. The van der Waals surface area contributed by atoms with Gasteiger partial charge in [0.15, 0.2) is 0 Å². The van der Waals surface area contributed by atoms with Crippen molar-refractivity contribution in [1.82, 2.24) is 15.1 Å². The predicted molar refractivity (Wildman–Crippen MR) is 63.8 cm³/mol. The van der Waals surface area contributed by atoms with Crippen molar-refractivity contribution < 1.29 is 0 Å². The van der Waals surface area contributed by atoms with Crippen molar-refractivity contribution in [2.75, 3.05) is 6.54 Å². The average Bonchev–Trinajstić information content (AvgIpc) is 2.46. The van der Waals surface area contributed by atoms with E-state index in [9.17, 15) is 0 Å². The average molecular weight is 209 g/mol. The van der Waals surface area contributed by atoms with Gasteiger partial charge in [-0.1, -0.05) is 27.7 Å². The van der Waals surface area contributed by atoms with Crippen LogP contribution in [0.5, 0.6) is 0 Å². The number of nitrogens with zero attached hydrogens (tertiary/aromatic N) is 2. The van der Waals surface area contributed by atoms with Crippen LogP contribution in [0.2, 0.25) is 0 Å². The van der Waals surface area contributed by atoms with E-state index >= 15 is 0 Å². The first-order valence-corrected chi connectivity index (χ1v) is 5.73. The van der Waals surface area contributed by atoms with E-state index in [1.165, 1.54) is 11.3 Å². The summed E-state index contributed by atoms with van der Waals surface area (Å²) in [5.74, 6) is 1.20. The molecule has 0 atom stereocenters. The van der Waals surface area contributed by atoms with Crippen LogP contribution in [0.15, 0.2) is 6.20 Å². The Labute approximate surface area is 92.9 Å². The third-order valence-corrected chi connectivity index (χ3v) is 2.35. The van der Waals surface area contributed by atoms with Gasteiger partial charge in [-0.3, -0.25) is 4.68 Å². The molecule has 0 spiro atoms. The molecule has 3 heteroatoms. The molecule has 0 saturated carbocycles. The summed E-state index contributed by atoms with van der Waals surface area (Å²) in [5.41, 5.74) is 2.54. The fourth-order valence-electron chi connectivity index (χ4n) is 1.67. The summed E-state index contributed by atoms with van der Waals surface area (Å²) in [6.07, 6.45) is 2.11. The van der Waals surface area contributed by atoms with Crippen molar-refractivity contribution in [3.8, 4) is 0 Å². The molecule has 1 aromatic rings. The Bertz CT molecular complexity index is 300. The van der Waals surface area contributed by atoms with E-state index in [1.54, 1.807) is 0 Å². The first kappa shape index (κ1) is 12.2. The van der Waals surface area contributed by atoms with Crippen LogP contribution in [0.1, 0.15) is 44.9 Å². The fraction of sp³-hybridized carbons (Fsp3) is 0.750. The van der Waals surface area contributed by atoms with Gasteiger partial charge >= 0.3 is 0 Å². The Balaban J connectivity index is 2.59. The standard InChI is InChI=1S/C12H23N3/c1-9(2)6-13-7-11-8-15(5)14-12(11)10(3)4/h8-10,13H,6-7H2,1-5H3. The first-order valence-electron chi connectivity index (χ1n) is 5.73. The summed E-state index contributed by atoms with van der Waals surface area (Å²) in [6.45, 7) is 10.8. The summed E-state index contributed by atoms with van der Waals surface area (Å²) in [6, 6.07) is 0. The molecule has 1 N–H and O–H groups in total. The molecule has 0 bridgehead atoms. The number of nitrogens with one attached hydrogen (secondary N) is 1. The second kappa shape index (κ2) is 5.31. The second-order valence-electron chi connectivity index (χ2n) is 4.89. The molecule has 0 amide bonds. The van der Waals surface area contributed by atoms with Crippen LogP contribution < -0.4 is 5.32 Å². The highest BCUT2D eigenvalue weighted by Crippen LogP contribution is 2.16. The molecule has 0 saturated heterocycles. The highest BCUT2D eigenvalue weighted by Gasteiger charge is 2.10. The van der Waals surface area contributed by atoms with Crippen molar-refractivity contribution in [3.05, 3.63) is 17.5 Å². The quantitative estimate of drug-likeness (QED) is 0.806. The van der Waals surface area contributed by atoms with Gasteiger partial charge in [0.05, 0.1) is 5.69 Å². The van der Waals surface area contributed by atoms with Gasteiger partial charge < -0.3 is 5.32 Å². The van der Waals surface area contributed by atoms with E-state index in [4.69, 9.17) is 0 Å². The van der Waals surface area contributed by atoms with Crippen molar-refractivity contribution in [1.29, 1.82) is 0 Å². The van der Waals surface area contributed by atoms with Gasteiger partial charge in [0.2, 0.25) is 0 Å². The van der Waals surface area contributed by atoms with Gasteiger partial charge in [0, 0.05) is 25.4 Å². The zero-order valence-corrected chi connectivity index (χ0v) is 10.5. The maximum Gasteiger partial charge on any atom is 0.0694 e. The molecule has 86 valence electrons. The van der Waals surface area contributed by atoms with Crippen LogP contribution >= 0.6 is 0 Å². The zero-order valence-electron chi connectivity index (χ0n) is 10.5. The molecule has 0 aliphatic carbocycles. The first-order chi connectivity index (χ1) is 7.00. The molecule has 3 nitrogen and oxygen atoms in total. The summed E-state index contributed by atoms with van der Waals surface area (Å²) >= 11 is 0. The van der Waals surface area contributed by atoms with E-state index in [0.29, 0.717) is 11.8 Å². The molecule has 0 fully saturated rings. The van der Waals surface area contributed by atoms with Crippen molar-refractivity contribution in [2.45, 2.75) is 40.2 Å². The normalized spacial score (nSPS) is 11.7.